The molecular formula is C22H26N2O3. The third-order valence-corrected chi connectivity index (χ3v) is 5.37. The van der Waals surface area contributed by atoms with E-state index in [0.29, 0.717) is 19.4 Å². The molecule has 0 radical (unpaired) electrons. The van der Waals surface area contributed by atoms with Crippen molar-refractivity contribution in [2.24, 2.45) is 0 Å². The van der Waals surface area contributed by atoms with Gasteiger partial charge in [-0.2, -0.15) is 0 Å². The van der Waals surface area contributed by atoms with Crippen molar-refractivity contribution >= 4 is 17.5 Å². The Morgan fingerprint density at radius 3 is 2.48 bits per heavy atom. The topological polar surface area (TPSA) is 60.9 Å². The third kappa shape index (κ3) is 3.60. The van der Waals surface area contributed by atoms with Crippen LogP contribution in [0.15, 0.2) is 54.6 Å². The molecule has 3 rings (SSSR count). The van der Waals surface area contributed by atoms with Crippen molar-refractivity contribution < 1.29 is 14.7 Å². The fourth-order valence-electron chi connectivity index (χ4n) is 3.89. The second-order valence-corrected chi connectivity index (χ2v) is 7.20. The van der Waals surface area contributed by atoms with E-state index < -0.39 is 5.41 Å². The second-order valence-electron chi connectivity index (χ2n) is 7.20. The van der Waals surface area contributed by atoms with Gasteiger partial charge in [0, 0.05) is 39.4 Å². The summed E-state index contributed by atoms with van der Waals surface area (Å²) in [7, 11) is 3.50. The number of aliphatic hydroxyl groups excluding tert-OH is 1. The van der Waals surface area contributed by atoms with Crippen LogP contribution in [0.5, 0.6) is 0 Å². The van der Waals surface area contributed by atoms with Gasteiger partial charge in [-0.15, -0.1) is 0 Å². The Morgan fingerprint density at radius 1 is 1.11 bits per heavy atom. The maximum atomic E-state index is 13.4. The summed E-state index contributed by atoms with van der Waals surface area (Å²) in [6, 6.07) is 17.6. The number of rotatable bonds is 7. The SMILES string of the molecule is CN(CCCO)C(=O)C[C@]1(Cc2ccccc2)C(=O)N(C)c2ccccc21. The molecule has 2 aromatic carbocycles. The van der Waals surface area contributed by atoms with Crippen molar-refractivity contribution in [2.75, 3.05) is 32.1 Å². The highest BCUT2D eigenvalue weighted by Crippen LogP contribution is 2.45. The number of amides is 2. The molecule has 0 fully saturated rings. The first-order chi connectivity index (χ1) is 13.0. The summed E-state index contributed by atoms with van der Waals surface area (Å²) in [4.78, 5) is 29.6. The van der Waals surface area contributed by atoms with Crippen molar-refractivity contribution in [1.82, 2.24) is 4.90 Å². The van der Waals surface area contributed by atoms with Crippen molar-refractivity contribution in [3.63, 3.8) is 0 Å². The van der Waals surface area contributed by atoms with Crippen LogP contribution in [0.4, 0.5) is 5.69 Å². The van der Waals surface area contributed by atoms with Gasteiger partial charge in [-0.3, -0.25) is 9.59 Å². The summed E-state index contributed by atoms with van der Waals surface area (Å²) in [6.07, 6.45) is 1.12. The van der Waals surface area contributed by atoms with E-state index in [2.05, 4.69) is 0 Å². The normalized spacial score (nSPS) is 18.5. The quantitative estimate of drug-likeness (QED) is 0.818. The summed E-state index contributed by atoms with van der Waals surface area (Å²) in [5.74, 6) is -0.130. The average Bonchev–Trinajstić information content (AvgIpc) is 2.89. The van der Waals surface area contributed by atoms with Crippen LogP contribution in [0.25, 0.3) is 0 Å². The number of anilines is 1. The van der Waals surface area contributed by atoms with Gasteiger partial charge >= 0.3 is 0 Å². The number of benzene rings is 2. The minimum absolute atomic E-state index is 0.0390. The minimum atomic E-state index is -0.906. The summed E-state index contributed by atoms with van der Waals surface area (Å²) in [5, 5.41) is 9.03. The number of aliphatic hydroxyl groups is 1. The lowest BCUT2D eigenvalue weighted by atomic mass is 9.73. The molecule has 0 spiro atoms. The van der Waals surface area contributed by atoms with Gasteiger partial charge in [0.1, 0.15) is 0 Å². The van der Waals surface area contributed by atoms with E-state index in [0.717, 1.165) is 16.8 Å². The van der Waals surface area contributed by atoms with Gasteiger partial charge in [-0.1, -0.05) is 48.5 Å². The van der Waals surface area contributed by atoms with Gasteiger partial charge in [0.15, 0.2) is 0 Å². The maximum absolute atomic E-state index is 13.4. The Morgan fingerprint density at radius 2 is 1.78 bits per heavy atom. The molecule has 1 aliphatic heterocycles. The number of fused-ring (bicyclic) bond motifs is 1. The number of nitrogens with zero attached hydrogens (tertiary/aromatic N) is 2. The molecule has 1 N–H and O–H groups in total. The minimum Gasteiger partial charge on any atom is -0.396 e. The number of hydrogen-bond donors (Lipinski definition) is 1. The van der Waals surface area contributed by atoms with Crippen LogP contribution >= 0.6 is 0 Å². The molecule has 0 unspecified atom stereocenters. The van der Waals surface area contributed by atoms with Crippen molar-refractivity contribution in [1.29, 1.82) is 0 Å². The second kappa shape index (κ2) is 7.92. The molecule has 5 nitrogen and oxygen atoms in total. The van der Waals surface area contributed by atoms with Gasteiger partial charge in [0.05, 0.1) is 5.41 Å². The van der Waals surface area contributed by atoms with Gasteiger partial charge in [0.2, 0.25) is 11.8 Å². The predicted molar refractivity (Wildman–Crippen MR) is 106 cm³/mol. The highest BCUT2D eigenvalue weighted by Gasteiger charge is 2.51. The summed E-state index contributed by atoms with van der Waals surface area (Å²) in [6.45, 7) is 0.514. The monoisotopic (exact) mass is 366 g/mol. The van der Waals surface area contributed by atoms with Crippen LogP contribution in [0, 0.1) is 0 Å². The molecular weight excluding hydrogens is 340 g/mol. The third-order valence-electron chi connectivity index (χ3n) is 5.37. The van der Waals surface area contributed by atoms with E-state index in [1.807, 2.05) is 54.6 Å². The lowest BCUT2D eigenvalue weighted by Gasteiger charge is -2.30. The number of para-hydroxylation sites is 1. The smallest absolute Gasteiger partial charge is 0.238 e. The number of hydrogen-bond acceptors (Lipinski definition) is 3. The van der Waals surface area contributed by atoms with Crippen LogP contribution < -0.4 is 4.90 Å². The van der Waals surface area contributed by atoms with Gasteiger partial charge in [0.25, 0.3) is 0 Å². The largest absolute Gasteiger partial charge is 0.396 e. The highest BCUT2D eigenvalue weighted by atomic mass is 16.3. The zero-order valence-electron chi connectivity index (χ0n) is 15.9. The maximum Gasteiger partial charge on any atom is 0.238 e. The summed E-state index contributed by atoms with van der Waals surface area (Å²) < 4.78 is 0. The van der Waals surface area contributed by atoms with Crippen LogP contribution in [0.2, 0.25) is 0 Å². The fourth-order valence-corrected chi connectivity index (χ4v) is 3.89. The van der Waals surface area contributed by atoms with Gasteiger partial charge < -0.3 is 14.9 Å². The molecule has 1 aliphatic rings. The highest BCUT2D eigenvalue weighted by molar-refractivity contribution is 6.09. The van der Waals surface area contributed by atoms with E-state index >= 15 is 0 Å². The first-order valence-electron chi connectivity index (χ1n) is 9.26. The zero-order valence-corrected chi connectivity index (χ0v) is 15.9. The summed E-state index contributed by atoms with van der Waals surface area (Å²) in [5.41, 5.74) is 1.90. The molecule has 0 saturated carbocycles. The molecule has 0 bridgehead atoms. The Kier molecular flexibility index (Phi) is 5.61. The molecule has 1 heterocycles. The summed E-state index contributed by atoms with van der Waals surface area (Å²) >= 11 is 0. The first-order valence-corrected chi connectivity index (χ1v) is 9.26. The van der Waals surface area contributed by atoms with E-state index in [1.54, 1.807) is 23.9 Å². The molecule has 0 aromatic heterocycles. The van der Waals surface area contributed by atoms with Crippen LogP contribution in [-0.2, 0) is 21.4 Å². The fraction of sp³-hybridized carbons (Fsp3) is 0.364. The molecule has 2 aromatic rings. The van der Waals surface area contributed by atoms with Gasteiger partial charge in [-0.05, 0) is 30.0 Å². The van der Waals surface area contributed by atoms with Crippen LogP contribution in [0.3, 0.4) is 0 Å². The molecule has 27 heavy (non-hydrogen) atoms. The van der Waals surface area contributed by atoms with Crippen molar-refractivity contribution in [3.8, 4) is 0 Å². The molecule has 2 amide bonds. The van der Waals surface area contributed by atoms with Gasteiger partial charge in [-0.25, -0.2) is 0 Å². The van der Waals surface area contributed by atoms with E-state index in [4.69, 9.17) is 5.11 Å². The standard InChI is InChI=1S/C22H26N2O3/c1-23(13-8-14-25)20(26)16-22(15-17-9-4-3-5-10-17)18-11-6-7-12-19(18)24(2)21(22)27/h3-7,9-12,25H,8,13-16H2,1-2H3/t22-/m0/s1. The predicted octanol–water partition coefficient (Wildman–Crippen LogP) is 2.37. The number of carbonyl (C=O) groups excluding carboxylic acids is 2. The van der Waals surface area contributed by atoms with E-state index in [1.165, 1.54) is 0 Å². The molecule has 142 valence electrons. The lowest BCUT2D eigenvalue weighted by Crippen LogP contribution is -2.45. The number of carbonyl (C=O) groups is 2. The van der Waals surface area contributed by atoms with Crippen LogP contribution in [-0.4, -0.2) is 49.1 Å². The van der Waals surface area contributed by atoms with Crippen molar-refractivity contribution in [2.45, 2.75) is 24.7 Å². The number of likely N-dealkylation sites (N-methyl/N-ethyl adjacent to an activating group) is 1. The van der Waals surface area contributed by atoms with Crippen LogP contribution in [0.1, 0.15) is 24.0 Å². The van der Waals surface area contributed by atoms with E-state index in [-0.39, 0.29) is 24.8 Å². The molecule has 1 atom stereocenters. The Hall–Kier alpha value is -2.66. The van der Waals surface area contributed by atoms with E-state index in [9.17, 15) is 9.59 Å². The first kappa shape index (κ1) is 19.1. The zero-order chi connectivity index (χ0) is 19.4. The molecule has 0 saturated heterocycles. The Bertz CT molecular complexity index is 821. The average molecular weight is 366 g/mol. The molecule has 5 heteroatoms. The molecule has 0 aliphatic carbocycles. The Balaban J connectivity index is 2.00. The lowest BCUT2D eigenvalue weighted by molar-refractivity contribution is -0.135. The van der Waals surface area contributed by atoms with Crippen molar-refractivity contribution in [3.05, 3.63) is 65.7 Å². The Labute approximate surface area is 160 Å².